The van der Waals surface area contributed by atoms with Crippen molar-refractivity contribution in [3.63, 3.8) is 0 Å². The fourth-order valence-corrected chi connectivity index (χ4v) is 5.88. The van der Waals surface area contributed by atoms with Crippen LogP contribution in [-0.2, 0) is 13.5 Å². The minimum atomic E-state index is -0.804. The lowest BCUT2D eigenvalue weighted by atomic mass is 9.85. The SMILES string of the molecule is COc1ccc(C(c2[nH]c3ccccc3c2CCNC(=O)Nc2cc(F)cc(F)c2)c2c(O)c3ccccc3n(C)c2=O)cc1. The predicted molar refractivity (Wildman–Crippen MR) is 170 cm³/mol. The first-order chi connectivity index (χ1) is 21.7. The summed E-state index contributed by atoms with van der Waals surface area (Å²) in [5.74, 6) is -1.80. The van der Waals surface area contributed by atoms with Gasteiger partial charge in [0, 0.05) is 47.3 Å². The fourth-order valence-electron chi connectivity index (χ4n) is 5.88. The average molecular weight is 609 g/mol. The maximum Gasteiger partial charge on any atom is 0.319 e. The molecule has 0 saturated heterocycles. The number of aromatic nitrogens is 2. The smallest absolute Gasteiger partial charge is 0.319 e. The van der Waals surface area contributed by atoms with Crippen molar-refractivity contribution in [2.45, 2.75) is 12.3 Å². The Kier molecular flexibility index (Phi) is 7.95. The van der Waals surface area contributed by atoms with Gasteiger partial charge in [-0.15, -0.1) is 0 Å². The Bertz CT molecular complexity index is 2080. The molecular formula is C35H30F2N4O4. The number of H-pyrrole nitrogens is 1. The van der Waals surface area contributed by atoms with Gasteiger partial charge in [-0.2, -0.15) is 0 Å². The number of aryl methyl sites for hydroxylation is 1. The van der Waals surface area contributed by atoms with Gasteiger partial charge in [-0.05, 0) is 60.0 Å². The van der Waals surface area contributed by atoms with Gasteiger partial charge in [0.05, 0.1) is 24.1 Å². The molecule has 4 aromatic carbocycles. The standard InChI is InChI=1S/C35H30F2N4O4/c1-41-29-10-6-4-8-27(29)33(42)31(34(41)43)30(20-11-13-24(45-2)14-12-20)32-26(25-7-3-5-9-28(25)40-32)15-16-38-35(44)39-23-18-21(36)17-22(37)19-23/h3-14,17-19,30,40,42H,15-16H2,1-2H3,(H2,38,39,44). The number of benzene rings is 4. The van der Waals surface area contributed by atoms with Gasteiger partial charge in [0.1, 0.15) is 23.1 Å². The van der Waals surface area contributed by atoms with E-state index in [0.717, 1.165) is 40.2 Å². The zero-order valence-electron chi connectivity index (χ0n) is 24.5. The van der Waals surface area contributed by atoms with Crippen LogP contribution in [0.25, 0.3) is 21.8 Å². The van der Waals surface area contributed by atoms with Crippen LogP contribution in [-0.4, -0.2) is 34.3 Å². The first kappa shape index (κ1) is 29.4. The molecule has 2 amide bonds. The summed E-state index contributed by atoms with van der Waals surface area (Å²) in [4.78, 5) is 30.1. The summed E-state index contributed by atoms with van der Waals surface area (Å²) in [7, 11) is 3.25. The zero-order valence-corrected chi connectivity index (χ0v) is 24.5. The largest absolute Gasteiger partial charge is 0.507 e. The molecule has 0 spiro atoms. The lowest BCUT2D eigenvalue weighted by Crippen LogP contribution is -2.31. The molecule has 0 bridgehead atoms. The maximum atomic E-state index is 14.0. The molecule has 228 valence electrons. The normalized spacial score (nSPS) is 11.9. The molecule has 10 heteroatoms. The van der Waals surface area contributed by atoms with Crippen molar-refractivity contribution in [3.8, 4) is 11.5 Å². The van der Waals surface area contributed by atoms with Crippen LogP contribution in [0, 0.1) is 11.6 Å². The Morgan fingerprint density at radius 2 is 1.62 bits per heavy atom. The lowest BCUT2D eigenvalue weighted by molar-refractivity contribution is 0.252. The zero-order chi connectivity index (χ0) is 31.7. The number of ether oxygens (including phenoxy) is 1. The number of halogens is 2. The van der Waals surface area contributed by atoms with E-state index >= 15 is 0 Å². The Labute approximate surface area is 256 Å². The molecule has 0 radical (unpaired) electrons. The summed E-state index contributed by atoms with van der Waals surface area (Å²) in [6, 6.07) is 24.3. The van der Waals surface area contributed by atoms with Gasteiger partial charge in [0.15, 0.2) is 0 Å². The number of nitrogens with one attached hydrogen (secondary N) is 3. The quantitative estimate of drug-likeness (QED) is 0.157. The molecule has 6 rings (SSSR count). The molecule has 0 fully saturated rings. The molecule has 6 aromatic rings. The van der Waals surface area contributed by atoms with Crippen LogP contribution in [0.1, 0.15) is 28.3 Å². The van der Waals surface area contributed by atoms with Crippen LogP contribution in [0.2, 0.25) is 0 Å². The van der Waals surface area contributed by atoms with E-state index in [1.54, 1.807) is 38.4 Å². The number of anilines is 1. The molecule has 0 aliphatic carbocycles. The summed E-state index contributed by atoms with van der Waals surface area (Å²) in [5.41, 5.74) is 3.51. The molecule has 1 unspecified atom stereocenters. The van der Waals surface area contributed by atoms with E-state index in [-0.39, 0.29) is 29.1 Å². The number of hydrogen-bond acceptors (Lipinski definition) is 4. The number of aromatic hydroxyl groups is 1. The number of hydrogen-bond donors (Lipinski definition) is 4. The van der Waals surface area contributed by atoms with Crippen LogP contribution in [0.4, 0.5) is 19.3 Å². The third-order valence-corrected chi connectivity index (χ3v) is 7.96. The number of amides is 2. The van der Waals surface area contributed by atoms with Gasteiger partial charge in [-0.1, -0.05) is 42.5 Å². The fraction of sp³-hybridized carbons (Fsp3) is 0.143. The molecule has 1 atom stereocenters. The number of methoxy groups -OCH3 is 1. The lowest BCUT2D eigenvalue weighted by Gasteiger charge is -2.22. The molecule has 0 aliphatic rings. The third-order valence-electron chi connectivity index (χ3n) is 7.96. The molecule has 8 nitrogen and oxygen atoms in total. The highest BCUT2D eigenvalue weighted by atomic mass is 19.1. The van der Waals surface area contributed by atoms with Crippen LogP contribution in [0.3, 0.4) is 0 Å². The van der Waals surface area contributed by atoms with Gasteiger partial charge in [0.2, 0.25) is 0 Å². The van der Waals surface area contributed by atoms with Crippen molar-refractivity contribution in [2.75, 3.05) is 19.0 Å². The molecule has 2 heterocycles. The highest BCUT2D eigenvalue weighted by Crippen LogP contribution is 2.41. The van der Waals surface area contributed by atoms with E-state index in [0.29, 0.717) is 28.8 Å². The molecule has 0 saturated carbocycles. The van der Waals surface area contributed by atoms with Gasteiger partial charge in [0.25, 0.3) is 5.56 Å². The second-order valence-corrected chi connectivity index (χ2v) is 10.7. The summed E-state index contributed by atoms with van der Waals surface area (Å²) in [5, 5.41) is 18.3. The first-order valence-electron chi connectivity index (χ1n) is 14.3. The number of para-hydroxylation sites is 2. The van der Waals surface area contributed by atoms with Gasteiger partial charge >= 0.3 is 6.03 Å². The van der Waals surface area contributed by atoms with Crippen LogP contribution in [0.5, 0.6) is 11.5 Å². The second-order valence-electron chi connectivity index (χ2n) is 10.7. The van der Waals surface area contributed by atoms with Gasteiger partial charge < -0.3 is 30.0 Å². The molecular weight excluding hydrogens is 578 g/mol. The van der Waals surface area contributed by atoms with E-state index < -0.39 is 23.6 Å². The van der Waals surface area contributed by atoms with E-state index in [1.807, 2.05) is 48.5 Å². The van der Waals surface area contributed by atoms with Crippen LogP contribution < -0.4 is 20.9 Å². The van der Waals surface area contributed by atoms with Crippen molar-refractivity contribution in [1.29, 1.82) is 0 Å². The summed E-state index contributed by atoms with van der Waals surface area (Å²) in [6.45, 7) is 0.162. The van der Waals surface area contributed by atoms with Crippen LogP contribution >= 0.6 is 0 Å². The number of nitrogens with zero attached hydrogens (tertiary/aromatic N) is 1. The summed E-state index contributed by atoms with van der Waals surface area (Å²) in [6.07, 6.45) is 0.339. The number of aromatic amines is 1. The van der Waals surface area contributed by atoms with Crippen molar-refractivity contribution in [2.24, 2.45) is 7.05 Å². The topological polar surface area (TPSA) is 108 Å². The number of urea groups is 1. The Morgan fingerprint density at radius 3 is 2.33 bits per heavy atom. The Morgan fingerprint density at radius 1 is 0.956 bits per heavy atom. The van der Waals surface area contributed by atoms with Crippen LogP contribution in [0.15, 0.2) is 95.8 Å². The van der Waals surface area contributed by atoms with Crippen molar-refractivity contribution < 1.29 is 23.4 Å². The van der Waals surface area contributed by atoms with Crippen molar-refractivity contribution in [1.82, 2.24) is 14.9 Å². The third kappa shape index (κ3) is 5.70. The monoisotopic (exact) mass is 608 g/mol. The number of pyridine rings is 1. The highest BCUT2D eigenvalue weighted by Gasteiger charge is 2.30. The second kappa shape index (κ2) is 12.2. The Hall–Kier alpha value is -5.64. The highest BCUT2D eigenvalue weighted by molar-refractivity contribution is 5.90. The van der Waals surface area contributed by atoms with Gasteiger partial charge in [-0.25, -0.2) is 13.6 Å². The maximum absolute atomic E-state index is 14.0. The Balaban J connectivity index is 1.44. The first-order valence-corrected chi connectivity index (χ1v) is 14.3. The van der Waals surface area contributed by atoms with Crippen molar-refractivity contribution in [3.05, 3.63) is 135 Å². The molecule has 4 N–H and O–H groups in total. The number of rotatable bonds is 8. The minimum absolute atomic E-state index is 0.0139. The van der Waals surface area contributed by atoms with Gasteiger partial charge in [-0.3, -0.25) is 4.79 Å². The van der Waals surface area contributed by atoms with E-state index in [2.05, 4.69) is 15.6 Å². The van der Waals surface area contributed by atoms with E-state index in [1.165, 1.54) is 4.57 Å². The summed E-state index contributed by atoms with van der Waals surface area (Å²) >= 11 is 0. The predicted octanol–water partition coefficient (Wildman–Crippen LogP) is 6.56. The summed E-state index contributed by atoms with van der Waals surface area (Å²) < 4.78 is 34.1. The average Bonchev–Trinajstić information content (AvgIpc) is 3.39. The molecule has 45 heavy (non-hydrogen) atoms. The number of fused-ring (bicyclic) bond motifs is 2. The van der Waals surface area contributed by atoms with Crippen molar-refractivity contribution >= 4 is 33.5 Å². The molecule has 2 aromatic heterocycles. The number of carbonyl (C=O) groups is 1. The van der Waals surface area contributed by atoms with E-state index in [4.69, 9.17) is 4.74 Å². The number of carbonyl (C=O) groups excluding carboxylic acids is 1. The molecule has 0 aliphatic heterocycles. The van der Waals surface area contributed by atoms with E-state index in [9.17, 15) is 23.5 Å². The minimum Gasteiger partial charge on any atom is -0.507 e.